The third kappa shape index (κ3) is 2.09. The third-order valence-electron chi connectivity index (χ3n) is 2.91. The summed E-state index contributed by atoms with van der Waals surface area (Å²) in [6.07, 6.45) is 6.64. The van der Waals surface area contributed by atoms with Gasteiger partial charge < -0.3 is 9.88 Å². The number of H-pyrrole nitrogens is 1. The minimum Gasteiger partial charge on any atom is -0.383 e. The summed E-state index contributed by atoms with van der Waals surface area (Å²) in [5.41, 5.74) is 2.95. The van der Waals surface area contributed by atoms with Gasteiger partial charge in [-0.05, 0) is 30.4 Å². The number of allylic oxidation sites excluding steroid dienone is 1. The van der Waals surface area contributed by atoms with Gasteiger partial charge in [0.05, 0.1) is 0 Å². The number of fused-ring (bicyclic) bond motifs is 1. The second-order valence-electron chi connectivity index (χ2n) is 4.48. The van der Waals surface area contributed by atoms with Gasteiger partial charge in [0.25, 0.3) is 5.56 Å². The first kappa shape index (κ1) is 11.5. The molecule has 0 aliphatic heterocycles. The number of nitriles is 1. The van der Waals surface area contributed by atoms with Gasteiger partial charge >= 0.3 is 0 Å². The summed E-state index contributed by atoms with van der Waals surface area (Å²) in [4.78, 5) is 16.2. The van der Waals surface area contributed by atoms with Gasteiger partial charge in [-0.2, -0.15) is 5.26 Å². The molecule has 1 heterocycles. The van der Waals surface area contributed by atoms with Crippen LogP contribution in [0.1, 0.15) is 29.5 Å². The molecule has 0 atom stereocenters. The van der Waals surface area contributed by atoms with Crippen LogP contribution in [0.2, 0.25) is 0 Å². The number of pyridine rings is 1. The van der Waals surface area contributed by atoms with Crippen LogP contribution in [0.4, 0.5) is 0 Å². The van der Waals surface area contributed by atoms with Crippen molar-refractivity contribution in [2.75, 3.05) is 14.1 Å². The number of nitrogens with zero attached hydrogens (tertiary/aromatic N) is 2. The Bertz CT molecular complexity index is 561. The van der Waals surface area contributed by atoms with Gasteiger partial charge in [-0.15, -0.1) is 0 Å². The second kappa shape index (κ2) is 4.46. The highest BCUT2D eigenvalue weighted by Gasteiger charge is 2.20. The summed E-state index contributed by atoms with van der Waals surface area (Å²) < 4.78 is 0. The SMILES string of the molecule is CN(C)/C=C1\CCCc2c[nH]c(=O)c(C#N)c21. The lowest BCUT2D eigenvalue weighted by molar-refractivity contribution is 0.562. The number of aromatic nitrogens is 1. The van der Waals surface area contributed by atoms with Crippen molar-refractivity contribution in [1.82, 2.24) is 9.88 Å². The maximum atomic E-state index is 11.6. The molecule has 0 unspecified atom stereocenters. The third-order valence-corrected chi connectivity index (χ3v) is 2.91. The van der Waals surface area contributed by atoms with E-state index in [0.717, 1.165) is 36.0 Å². The molecule has 0 bridgehead atoms. The van der Waals surface area contributed by atoms with E-state index in [1.165, 1.54) is 0 Å². The first-order chi connectivity index (χ1) is 8.13. The van der Waals surface area contributed by atoms with Crippen molar-refractivity contribution in [2.24, 2.45) is 0 Å². The molecule has 0 saturated heterocycles. The molecule has 0 fully saturated rings. The van der Waals surface area contributed by atoms with Gasteiger partial charge in [0.2, 0.25) is 0 Å². The summed E-state index contributed by atoms with van der Waals surface area (Å²) in [5.74, 6) is 0. The molecular formula is C13H15N3O. The van der Waals surface area contributed by atoms with Gasteiger partial charge in [-0.25, -0.2) is 0 Å². The maximum Gasteiger partial charge on any atom is 0.266 e. The molecule has 1 aromatic heterocycles. The average molecular weight is 229 g/mol. The molecule has 1 aromatic rings. The number of nitrogens with one attached hydrogen (secondary N) is 1. The van der Waals surface area contributed by atoms with Gasteiger partial charge in [0.1, 0.15) is 11.6 Å². The van der Waals surface area contributed by atoms with E-state index in [9.17, 15) is 4.79 Å². The molecule has 88 valence electrons. The van der Waals surface area contributed by atoms with E-state index in [0.29, 0.717) is 0 Å². The van der Waals surface area contributed by atoms with Crippen molar-refractivity contribution in [1.29, 1.82) is 5.26 Å². The van der Waals surface area contributed by atoms with Crippen molar-refractivity contribution < 1.29 is 0 Å². The van der Waals surface area contributed by atoms with Crippen LogP contribution in [0.5, 0.6) is 0 Å². The lowest BCUT2D eigenvalue weighted by Crippen LogP contribution is -2.18. The highest BCUT2D eigenvalue weighted by molar-refractivity contribution is 5.73. The van der Waals surface area contributed by atoms with Crippen LogP contribution >= 0.6 is 0 Å². The first-order valence-corrected chi connectivity index (χ1v) is 5.65. The Labute approximate surface area is 100 Å². The van der Waals surface area contributed by atoms with E-state index >= 15 is 0 Å². The fourth-order valence-electron chi connectivity index (χ4n) is 2.28. The summed E-state index contributed by atoms with van der Waals surface area (Å²) >= 11 is 0. The number of hydrogen-bond donors (Lipinski definition) is 1. The molecular weight excluding hydrogens is 214 g/mol. The van der Waals surface area contributed by atoms with Crippen LogP contribution in [-0.2, 0) is 6.42 Å². The van der Waals surface area contributed by atoms with Gasteiger partial charge in [-0.1, -0.05) is 0 Å². The van der Waals surface area contributed by atoms with Crippen LogP contribution in [0.25, 0.3) is 5.57 Å². The minimum absolute atomic E-state index is 0.246. The zero-order chi connectivity index (χ0) is 12.4. The highest BCUT2D eigenvalue weighted by Crippen LogP contribution is 2.31. The molecule has 1 aliphatic carbocycles. The van der Waals surface area contributed by atoms with Crippen LogP contribution in [0.3, 0.4) is 0 Å². The Morgan fingerprint density at radius 3 is 2.88 bits per heavy atom. The number of hydrogen-bond acceptors (Lipinski definition) is 3. The Morgan fingerprint density at radius 2 is 2.24 bits per heavy atom. The predicted molar refractivity (Wildman–Crippen MR) is 66.4 cm³/mol. The van der Waals surface area contributed by atoms with Crippen molar-refractivity contribution >= 4 is 5.57 Å². The van der Waals surface area contributed by atoms with E-state index < -0.39 is 0 Å². The standard InChI is InChI=1S/C13H15N3O/c1-16(2)8-10-5-3-4-9-7-15-13(17)11(6-14)12(9)10/h7-8H,3-5H2,1-2H3,(H,15,17)/b10-8+. The molecule has 0 spiro atoms. The van der Waals surface area contributed by atoms with Crippen molar-refractivity contribution in [3.63, 3.8) is 0 Å². The lowest BCUT2D eigenvalue weighted by atomic mass is 9.86. The number of aryl methyl sites for hydroxylation is 1. The maximum absolute atomic E-state index is 11.6. The quantitative estimate of drug-likeness (QED) is 0.793. The average Bonchev–Trinajstić information content (AvgIpc) is 2.29. The van der Waals surface area contributed by atoms with E-state index in [4.69, 9.17) is 5.26 Å². The topological polar surface area (TPSA) is 59.9 Å². The summed E-state index contributed by atoms with van der Waals surface area (Å²) in [5, 5.41) is 9.12. The highest BCUT2D eigenvalue weighted by atomic mass is 16.1. The van der Waals surface area contributed by atoms with Crippen LogP contribution in [-0.4, -0.2) is 24.0 Å². The van der Waals surface area contributed by atoms with Crippen molar-refractivity contribution in [3.05, 3.63) is 39.4 Å². The largest absolute Gasteiger partial charge is 0.383 e. The Hall–Kier alpha value is -2.02. The fourth-order valence-corrected chi connectivity index (χ4v) is 2.28. The molecule has 1 aliphatic rings. The molecule has 4 heteroatoms. The molecule has 0 aromatic carbocycles. The Morgan fingerprint density at radius 1 is 1.47 bits per heavy atom. The van der Waals surface area contributed by atoms with Crippen LogP contribution < -0.4 is 5.56 Å². The smallest absolute Gasteiger partial charge is 0.266 e. The molecule has 0 radical (unpaired) electrons. The molecule has 0 amide bonds. The molecule has 4 nitrogen and oxygen atoms in total. The van der Waals surface area contributed by atoms with Crippen LogP contribution in [0.15, 0.2) is 17.2 Å². The molecule has 1 N–H and O–H groups in total. The lowest BCUT2D eigenvalue weighted by Gasteiger charge is -2.21. The monoisotopic (exact) mass is 229 g/mol. The van der Waals surface area contributed by atoms with E-state index in [1.54, 1.807) is 6.20 Å². The zero-order valence-electron chi connectivity index (χ0n) is 10.1. The van der Waals surface area contributed by atoms with E-state index in [1.807, 2.05) is 31.3 Å². The predicted octanol–water partition coefficient (Wildman–Crippen LogP) is 1.49. The minimum atomic E-state index is -0.294. The van der Waals surface area contributed by atoms with Gasteiger partial charge in [0, 0.05) is 32.1 Å². The van der Waals surface area contributed by atoms with E-state index in [2.05, 4.69) is 4.98 Å². The summed E-state index contributed by atoms with van der Waals surface area (Å²) in [6.45, 7) is 0. The fraction of sp³-hybridized carbons (Fsp3) is 0.385. The molecule has 2 rings (SSSR count). The van der Waals surface area contributed by atoms with Crippen molar-refractivity contribution in [2.45, 2.75) is 19.3 Å². The summed E-state index contributed by atoms with van der Waals surface area (Å²) in [7, 11) is 3.89. The summed E-state index contributed by atoms with van der Waals surface area (Å²) in [6, 6.07) is 2.02. The first-order valence-electron chi connectivity index (χ1n) is 5.65. The molecule has 0 saturated carbocycles. The molecule has 17 heavy (non-hydrogen) atoms. The second-order valence-corrected chi connectivity index (χ2v) is 4.48. The number of rotatable bonds is 1. The Kier molecular flexibility index (Phi) is 3.01. The normalized spacial score (nSPS) is 16.4. The Balaban J connectivity index is 2.68. The van der Waals surface area contributed by atoms with Crippen LogP contribution in [0, 0.1) is 11.3 Å². The van der Waals surface area contributed by atoms with Gasteiger partial charge in [0.15, 0.2) is 0 Å². The number of aromatic amines is 1. The zero-order valence-corrected chi connectivity index (χ0v) is 10.1. The van der Waals surface area contributed by atoms with E-state index in [-0.39, 0.29) is 11.1 Å². The van der Waals surface area contributed by atoms with Gasteiger partial charge in [-0.3, -0.25) is 4.79 Å². The van der Waals surface area contributed by atoms with Crippen molar-refractivity contribution in [3.8, 4) is 6.07 Å².